The van der Waals surface area contributed by atoms with E-state index in [4.69, 9.17) is 0 Å². The number of sulfonamides is 1. The third-order valence-electron chi connectivity index (χ3n) is 4.22. The van der Waals surface area contributed by atoms with Crippen molar-refractivity contribution in [2.75, 3.05) is 12.3 Å². The zero-order chi connectivity index (χ0) is 18.4. The number of amides is 1. The highest BCUT2D eigenvalue weighted by Crippen LogP contribution is 2.22. The molecule has 0 aliphatic carbocycles. The van der Waals surface area contributed by atoms with Crippen molar-refractivity contribution in [3.8, 4) is 0 Å². The van der Waals surface area contributed by atoms with Crippen molar-refractivity contribution in [2.45, 2.75) is 44.7 Å². The maximum Gasteiger partial charge on any atom is 0.326 e. The van der Waals surface area contributed by atoms with Gasteiger partial charge in [-0.15, -0.1) is 0 Å². The van der Waals surface area contributed by atoms with Crippen LogP contribution in [0.5, 0.6) is 0 Å². The Morgan fingerprint density at radius 2 is 2.00 bits per heavy atom. The zero-order valence-electron chi connectivity index (χ0n) is 14.2. The number of aliphatic carboxylic acids is 1. The lowest BCUT2D eigenvalue weighted by Crippen LogP contribution is -2.51. The third kappa shape index (κ3) is 5.02. The molecule has 25 heavy (non-hydrogen) atoms. The molecule has 2 unspecified atom stereocenters. The molecular weight excluding hydrogens is 344 g/mol. The number of nitrogens with one attached hydrogen (secondary N) is 1. The first-order valence-electron chi connectivity index (χ1n) is 8.41. The zero-order valence-corrected chi connectivity index (χ0v) is 15.0. The topological polar surface area (TPSA) is 104 Å². The molecule has 0 bridgehead atoms. The molecule has 1 aromatic carbocycles. The van der Waals surface area contributed by atoms with Gasteiger partial charge in [-0.05, 0) is 24.8 Å². The first-order chi connectivity index (χ1) is 11.8. The normalized spacial score (nSPS) is 19.5. The smallest absolute Gasteiger partial charge is 0.326 e. The van der Waals surface area contributed by atoms with Crippen molar-refractivity contribution < 1.29 is 23.1 Å². The Labute approximate surface area is 148 Å². The molecule has 0 radical (unpaired) electrons. The maximum absolute atomic E-state index is 12.5. The molecule has 2 atom stereocenters. The predicted molar refractivity (Wildman–Crippen MR) is 93.5 cm³/mol. The largest absolute Gasteiger partial charge is 0.480 e. The molecular formula is C17H24N2O5S. The molecule has 0 aromatic heterocycles. The summed E-state index contributed by atoms with van der Waals surface area (Å²) in [6, 6.07) is 7.08. The predicted octanol–water partition coefficient (Wildman–Crippen LogP) is 1.00. The molecule has 8 heteroatoms. The van der Waals surface area contributed by atoms with Crippen molar-refractivity contribution in [3.05, 3.63) is 35.9 Å². The summed E-state index contributed by atoms with van der Waals surface area (Å²) in [7, 11) is -3.49. The molecule has 138 valence electrons. The third-order valence-corrected chi connectivity index (χ3v) is 6.30. The summed E-state index contributed by atoms with van der Waals surface area (Å²) >= 11 is 0. The maximum atomic E-state index is 12.5. The molecule has 1 aromatic rings. The van der Waals surface area contributed by atoms with Gasteiger partial charge in [0.05, 0.1) is 5.75 Å². The number of carboxylic acids is 1. The lowest BCUT2D eigenvalue weighted by molar-refractivity contribution is -0.142. The fraction of sp³-hybridized carbons (Fsp3) is 0.529. The number of carboxylic acid groups (broad SMARTS) is 1. The molecule has 1 saturated heterocycles. The van der Waals surface area contributed by atoms with Crippen LogP contribution in [-0.4, -0.2) is 54.1 Å². The highest BCUT2D eigenvalue weighted by atomic mass is 32.2. The van der Waals surface area contributed by atoms with Gasteiger partial charge in [0.1, 0.15) is 12.1 Å². The van der Waals surface area contributed by atoms with E-state index >= 15 is 0 Å². The van der Waals surface area contributed by atoms with Crippen molar-refractivity contribution in [2.24, 2.45) is 0 Å². The van der Waals surface area contributed by atoms with Gasteiger partial charge in [-0.2, -0.15) is 4.31 Å². The van der Waals surface area contributed by atoms with Gasteiger partial charge in [0.2, 0.25) is 15.9 Å². The van der Waals surface area contributed by atoms with Crippen LogP contribution >= 0.6 is 0 Å². The van der Waals surface area contributed by atoms with Crippen LogP contribution in [0, 0.1) is 0 Å². The molecule has 7 nitrogen and oxygen atoms in total. The number of hydrogen-bond acceptors (Lipinski definition) is 4. The van der Waals surface area contributed by atoms with Crippen LogP contribution < -0.4 is 5.32 Å². The summed E-state index contributed by atoms with van der Waals surface area (Å²) in [6.07, 6.45) is 1.62. The lowest BCUT2D eigenvalue weighted by Gasteiger charge is -2.25. The molecule has 1 heterocycles. The molecule has 1 aliphatic heterocycles. The number of hydrogen-bond donors (Lipinski definition) is 2. The van der Waals surface area contributed by atoms with Crippen LogP contribution in [0.2, 0.25) is 0 Å². The summed E-state index contributed by atoms with van der Waals surface area (Å²) < 4.78 is 25.8. The van der Waals surface area contributed by atoms with Crippen LogP contribution in [0.15, 0.2) is 30.3 Å². The van der Waals surface area contributed by atoms with Crippen LogP contribution in [0.1, 0.15) is 31.7 Å². The lowest BCUT2D eigenvalue weighted by atomic mass is 10.1. The molecule has 1 amide bonds. The van der Waals surface area contributed by atoms with Crippen LogP contribution in [0.4, 0.5) is 0 Å². The van der Waals surface area contributed by atoms with Gasteiger partial charge in [0.25, 0.3) is 0 Å². The Hall–Kier alpha value is -1.93. The van der Waals surface area contributed by atoms with E-state index in [0.29, 0.717) is 25.8 Å². The first-order valence-corrected chi connectivity index (χ1v) is 10.0. The standard InChI is InChI=1S/C17H24N2O5S/c1-2-11-25(23,24)19-10-6-9-15(19)16(20)18-14(17(21)22)12-13-7-4-3-5-8-13/h3-5,7-8,14-15H,2,6,9-12H2,1H3,(H,18,20)(H,21,22). The summed E-state index contributed by atoms with van der Waals surface area (Å²) in [6.45, 7) is 2.07. The van der Waals surface area contributed by atoms with Gasteiger partial charge in [-0.25, -0.2) is 13.2 Å². The van der Waals surface area contributed by atoms with Crippen molar-refractivity contribution >= 4 is 21.9 Å². The molecule has 2 rings (SSSR count). The summed E-state index contributed by atoms with van der Waals surface area (Å²) in [4.78, 5) is 24.0. The SMILES string of the molecule is CCCS(=O)(=O)N1CCCC1C(=O)NC(Cc1ccccc1)C(=O)O. The quantitative estimate of drug-likeness (QED) is 0.712. The van der Waals surface area contributed by atoms with E-state index in [0.717, 1.165) is 5.56 Å². The highest BCUT2D eigenvalue weighted by molar-refractivity contribution is 7.89. The van der Waals surface area contributed by atoms with E-state index in [1.54, 1.807) is 31.2 Å². The Morgan fingerprint density at radius 3 is 2.60 bits per heavy atom. The minimum Gasteiger partial charge on any atom is -0.480 e. The van der Waals surface area contributed by atoms with E-state index in [1.165, 1.54) is 4.31 Å². The number of carbonyl (C=O) groups excluding carboxylic acids is 1. The van der Waals surface area contributed by atoms with Gasteiger partial charge in [-0.1, -0.05) is 37.3 Å². The number of benzene rings is 1. The monoisotopic (exact) mass is 368 g/mol. The van der Waals surface area contributed by atoms with E-state index in [2.05, 4.69) is 5.32 Å². The molecule has 0 spiro atoms. The van der Waals surface area contributed by atoms with Crippen molar-refractivity contribution in [3.63, 3.8) is 0 Å². The summed E-state index contributed by atoms with van der Waals surface area (Å²) in [5.74, 6) is -1.69. The number of nitrogens with zero attached hydrogens (tertiary/aromatic N) is 1. The Balaban J connectivity index is 2.08. The minimum atomic E-state index is -3.49. The van der Waals surface area contributed by atoms with Crippen molar-refractivity contribution in [1.82, 2.24) is 9.62 Å². The second-order valence-electron chi connectivity index (χ2n) is 6.17. The average molecular weight is 368 g/mol. The van der Waals surface area contributed by atoms with Gasteiger partial charge in [0.15, 0.2) is 0 Å². The van der Waals surface area contributed by atoms with Crippen LogP contribution in [0.3, 0.4) is 0 Å². The first kappa shape index (κ1) is 19.4. The summed E-state index contributed by atoms with van der Waals surface area (Å²) in [5.41, 5.74) is 0.789. The second-order valence-corrected chi connectivity index (χ2v) is 8.21. The van der Waals surface area contributed by atoms with Crippen LogP contribution in [-0.2, 0) is 26.0 Å². The number of carbonyl (C=O) groups is 2. The Kier molecular flexibility index (Phi) is 6.55. The summed E-state index contributed by atoms with van der Waals surface area (Å²) in [5, 5.41) is 11.9. The van der Waals surface area contributed by atoms with E-state index in [9.17, 15) is 23.1 Å². The number of rotatable bonds is 8. The molecule has 1 aliphatic rings. The fourth-order valence-corrected chi connectivity index (χ4v) is 4.77. The van der Waals surface area contributed by atoms with E-state index < -0.39 is 34.0 Å². The van der Waals surface area contributed by atoms with Gasteiger partial charge < -0.3 is 10.4 Å². The van der Waals surface area contributed by atoms with E-state index in [1.807, 2.05) is 6.07 Å². The van der Waals surface area contributed by atoms with E-state index in [-0.39, 0.29) is 12.2 Å². The molecule has 1 fully saturated rings. The average Bonchev–Trinajstić information content (AvgIpc) is 3.05. The Bertz CT molecular complexity index is 705. The minimum absolute atomic E-state index is 0.0108. The molecule has 2 N–H and O–H groups in total. The fourth-order valence-electron chi connectivity index (χ4n) is 3.03. The van der Waals surface area contributed by atoms with Crippen molar-refractivity contribution in [1.29, 1.82) is 0 Å². The molecule has 0 saturated carbocycles. The van der Waals surface area contributed by atoms with Gasteiger partial charge >= 0.3 is 5.97 Å². The Morgan fingerprint density at radius 1 is 1.32 bits per heavy atom. The second kappa shape index (κ2) is 8.44. The van der Waals surface area contributed by atoms with Crippen LogP contribution in [0.25, 0.3) is 0 Å². The van der Waals surface area contributed by atoms with Gasteiger partial charge in [0, 0.05) is 13.0 Å². The van der Waals surface area contributed by atoms with Gasteiger partial charge in [-0.3, -0.25) is 4.79 Å². The highest BCUT2D eigenvalue weighted by Gasteiger charge is 2.39.